The van der Waals surface area contributed by atoms with Gasteiger partial charge in [0, 0.05) is 7.11 Å². The van der Waals surface area contributed by atoms with Crippen molar-refractivity contribution < 1.29 is 23.7 Å². The average Bonchev–Trinajstić information content (AvgIpc) is 2.90. The van der Waals surface area contributed by atoms with Crippen LogP contribution in [0.5, 0.6) is 0 Å². The summed E-state index contributed by atoms with van der Waals surface area (Å²) >= 11 is 0. The number of aromatic nitrogens is 4. The molecule has 0 N–H and O–H groups in total. The Hall–Kier alpha value is -1.58. The van der Waals surface area contributed by atoms with E-state index in [1.165, 1.54) is 4.68 Å². The van der Waals surface area contributed by atoms with Crippen molar-refractivity contribution in [3.8, 4) is 0 Å². The molecule has 1 rings (SSSR count). The molecule has 0 unspecified atom stereocenters. The molecule has 0 aromatic carbocycles. The second-order valence-corrected chi connectivity index (χ2v) is 3.66. The molecule has 0 aliphatic carbocycles. The van der Waals surface area contributed by atoms with Crippen LogP contribution < -0.4 is 0 Å². The highest BCUT2D eigenvalue weighted by atomic mass is 16.5. The molecule has 0 radical (unpaired) electrons. The molecule has 114 valence electrons. The van der Waals surface area contributed by atoms with Crippen LogP contribution in [0.2, 0.25) is 0 Å². The molecular formula is C11H20N4O5. The van der Waals surface area contributed by atoms with E-state index in [0.717, 1.165) is 0 Å². The van der Waals surface area contributed by atoms with Crippen LogP contribution >= 0.6 is 0 Å². The molecule has 1 aromatic rings. The summed E-state index contributed by atoms with van der Waals surface area (Å²) in [7, 11) is 1.62. The topological polar surface area (TPSA) is 97.6 Å². The average molecular weight is 288 g/mol. The van der Waals surface area contributed by atoms with Crippen molar-refractivity contribution in [2.75, 3.05) is 46.8 Å². The van der Waals surface area contributed by atoms with E-state index in [2.05, 4.69) is 15.5 Å². The number of ether oxygens (including phenoxy) is 4. The fraction of sp³-hybridized carbons (Fsp3) is 0.818. The summed E-state index contributed by atoms with van der Waals surface area (Å²) in [5.74, 6) is -0.466. The Morgan fingerprint density at radius 3 is 2.55 bits per heavy atom. The molecule has 0 aliphatic heterocycles. The fourth-order valence-corrected chi connectivity index (χ4v) is 1.31. The van der Waals surface area contributed by atoms with Crippen molar-refractivity contribution in [3.05, 3.63) is 5.82 Å². The third-order valence-corrected chi connectivity index (χ3v) is 2.24. The minimum Gasteiger partial charge on any atom is -0.460 e. The van der Waals surface area contributed by atoms with E-state index in [-0.39, 0.29) is 12.4 Å². The van der Waals surface area contributed by atoms with Gasteiger partial charge in [0.1, 0.15) is 0 Å². The number of esters is 1. The highest BCUT2D eigenvalue weighted by molar-refractivity contribution is 5.85. The number of hydrogen-bond acceptors (Lipinski definition) is 8. The molecule has 1 aromatic heterocycles. The molecule has 1 heterocycles. The van der Waals surface area contributed by atoms with Crippen LogP contribution in [-0.2, 0) is 25.5 Å². The van der Waals surface area contributed by atoms with E-state index in [1.54, 1.807) is 14.0 Å². The number of methoxy groups -OCH3 is 1. The summed E-state index contributed by atoms with van der Waals surface area (Å²) < 4.78 is 21.6. The van der Waals surface area contributed by atoms with Gasteiger partial charge in [-0.25, -0.2) is 9.48 Å². The van der Waals surface area contributed by atoms with Crippen molar-refractivity contribution in [1.82, 2.24) is 20.2 Å². The first-order valence-corrected chi connectivity index (χ1v) is 6.37. The van der Waals surface area contributed by atoms with Crippen molar-refractivity contribution in [2.24, 2.45) is 0 Å². The second kappa shape index (κ2) is 10.2. The Morgan fingerprint density at radius 1 is 1.15 bits per heavy atom. The van der Waals surface area contributed by atoms with Crippen molar-refractivity contribution in [1.29, 1.82) is 0 Å². The lowest BCUT2D eigenvalue weighted by molar-refractivity contribution is 0.0220. The first-order chi connectivity index (χ1) is 9.79. The summed E-state index contributed by atoms with van der Waals surface area (Å²) in [6.07, 6.45) is 0. The molecule has 0 bridgehead atoms. The molecule has 0 saturated heterocycles. The lowest BCUT2D eigenvalue weighted by Gasteiger charge is -2.06. The molecule has 0 fully saturated rings. The van der Waals surface area contributed by atoms with Gasteiger partial charge in [-0.2, -0.15) is 0 Å². The molecule has 9 nitrogen and oxygen atoms in total. The zero-order chi connectivity index (χ0) is 14.6. The third kappa shape index (κ3) is 6.04. The van der Waals surface area contributed by atoms with Gasteiger partial charge >= 0.3 is 5.97 Å². The number of carbonyl (C=O) groups is 1. The van der Waals surface area contributed by atoms with Crippen LogP contribution in [0, 0.1) is 0 Å². The van der Waals surface area contributed by atoms with Gasteiger partial charge in [-0.1, -0.05) is 0 Å². The normalized spacial score (nSPS) is 10.7. The molecule has 0 aliphatic rings. The van der Waals surface area contributed by atoms with Gasteiger partial charge in [-0.05, 0) is 17.4 Å². The summed E-state index contributed by atoms with van der Waals surface area (Å²) in [5.41, 5.74) is 0. The number of tetrazole rings is 1. The number of rotatable bonds is 11. The smallest absolute Gasteiger partial charge is 0.378 e. The SMILES string of the molecule is CCOC(=O)c1nnnn1CCOCCOCCOC. The van der Waals surface area contributed by atoms with Gasteiger partial charge in [-0.15, -0.1) is 5.10 Å². The molecule has 0 spiro atoms. The fourth-order valence-electron chi connectivity index (χ4n) is 1.31. The van der Waals surface area contributed by atoms with Crippen molar-refractivity contribution in [3.63, 3.8) is 0 Å². The van der Waals surface area contributed by atoms with Gasteiger partial charge in [0.25, 0.3) is 5.82 Å². The highest BCUT2D eigenvalue weighted by Crippen LogP contribution is 1.96. The minimum absolute atomic E-state index is 0.0757. The van der Waals surface area contributed by atoms with Crippen LogP contribution in [0.25, 0.3) is 0 Å². The summed E-state index contributed by atoms with van der Waals surface area (Å²) in [6, 6.07) is 0. The molecule has 0 atom stereocenters. The quantitative estimate of drug-likeness (QED) is 0.398. The van der Waals surface area contributed by atoms with E-state index in [1.807, 2.05) is 0 Å². The van der Waals surface area contributed by atoms with Crippen LogP contribution in [0.3, 0.4) is 0 Å². The Bertz CT molecular complexity index is 385. The van der Waals surface area contributed by atoms with Gasteiger partial charge in [-0.3, -0.25) is 0 Å². The van der Waals surface area contributed by atoms with Gasteiger partial charge in [0.05, 0.1) is 46.2 Å². The lowest BCUT2D eigenvalue weighted by Crippen LogP contribution is -2.18. The van der Waals surface area contributed by atoms with Crippen LogP contribution in [-0.4, -0.2) is 72.9 Å². The van der Waals surface area contributed by atoms with Crippen LogP contribution in [0.4, 0.5) is 0 Å². The van der Waals surface area contributed by atoms with Gasteiger partial charge in [0.2, 0.25) is 0 Å². The lowest BCUT2D eigenvalue weighted by atomic mass is 10.5. The number of nitrogens with zero attached hydrogens (tertiary/aromatic N) is 4. The highest BCUT2D eigenvalue weighted by Gasteiger charge is 2.16. The molecule has 20 heavy (non-hydrogen) atoms. The minimum atomic E-state index is -0.541. The van der Waals surface area contributed by atoms with Gasteiger partial charge < -0.3 is 18.9 Å². The monoisotopic (exact) mass is 288 g/mol. The zero-order valence-corrected chi connectivity index (χ0v) is 11.8. The first kappa shape index (κ1) is 16.5. The largest absolute Gasteiger partial charge is 0.460 e. The van der Waals surface area contributed by atoms with Crippen LogP contribution in [0.1, 0.15) is 17.5 Å². The van der Waals surface area contributed by atoms with Crippen molar-refractivity contribution >= 4 is 5.97 Å². The molecule has 0 saturated carbocycles. The maximum absolute atomic E-state index is 11.5. The maximum Gasteiger partial charge on any atom is 0.378 e. The van der Waals surface area contributed by atoms with E-state index in [4.69, 9.17) is 18.9 Å². The van der Waals surface area contributed by atoms with Crippen LogP contribution in [0.15, 0.2) is 0 Å². The summed E-state index contributed by atoms with van der Waals surface area (Å²) in [4.78, 5) is 11.5. The summed E-state index contributed by atoms with van der Waals surface area (Å²) in [6.45, 7) is 4.81. The van der Waals surface area contributed by atoms with E-state index < -0.39 is 5.97 Å². The molecule has 9 heteroatoms. The van der Waals surface area contributed by atoms with E-state index in [0.29, 0.717) is 39.6 Å². The Labute approximate surface area is 117 Å². The van der Waals surface area contributed by atoms with E-state index >= 15 is 0 Å². The van der Waals surface area contributed by atoms with Gasteiger partial charge in [0.15, 0.2) is 0 Å². The number of hydrogen-bond donors (Lipinski definition) is 0. The third-order valence-electron chi connectivity index (χ3n) is 2.24. The Morgan fingerprint density at radius 2 is 1.85 bits per heavy atom. The molecule has 0 amide bonds. The summed E-state index contributed by atoms with van der Waals surface area (Å²) in [5, 5.41) is 10.8. The predicted octanol–water partition coefficient (Wildman–Crippen LogP) is -0.471. The maximum atomic E-state index is 11.5. The predicted molar refractivity (Wildman–Crippen MR) is 67.3 cm³/mol. The van der Waals surface area contributed by atoms with Crippen molar-refractivity contribution in [2.45, 2.75) is 13.5 Å². The number of carbonyl (C=O) groups excluding carboxylic acids is 1. The first-order valence-electron chi connectivity index (χ1n) is 6.37. The molecular weight excluding hydrogens is 268 g/mol. The second-order valence-electron chi connectivity index (χ2n) is 3.66. The van der Waals surface area contributed by atoms with E-state index in [9.17, 15) is 4.79 Å². The zero-order valence-electron chi connectivity index (χ0n) is 11.8. The standard InChI is InChI=1S/C11H20N4O5/c1-3-20-11(16)10-12-13-14-15(10)4-5-18-8-9-19-7-6-17-2/h3-9H2,1-2H3. The Kier molecular flexibility index (Phi) is 8.43. The Balaban J connectivity index is 2.16.